The average Bonchev–Trinajstić information content (AvgIpc) is 2.59. The predicted octanol–water partition coefficient (Wildman–Crippen LogP) is 3.79. The number of hydrogen-bond acceptors (Lipinski definition) is 2. The van der Waals surface area contributed by atoms with Gasteiger partial charge in [-0.3, -0.25) is 0 Å². The molecule has 0 spiro atoms. The van der Waals surface area contributed by atoms with Gasteiger partial charge in [-0.1, -0.05) is 12.2 Å². The molecule has 0 aromatic carbocycles. The third-order valence-electron chi connectivity index (χ3n) is 3.29. The van der Waals surface area contributed by atoms with Crippen molar-refractivity contribution in [2.45, 2.75) is 51.2 Å². The molecule has 1 saturated heterocycles. The fourth-order valence-corrected chi connectivity index (χ4v) is 2.26. The highest BCUT2D eigenvalue weighted by atomic mass is 16.7. The summed E-state index contributed by atoms with van der Waals surface area (Å²) in [6.45, 7) is 0.853. The van der Waals surface area contributed by atoms with Crippen LogP contribution in [-0.2, 0) is 9.47 Å². The molecule has 1 aliphatic carbocycles. The Morgan fingerprint density at radius 2 is 1.88 bits per heavy atom. The van der Waals surface area contributed by atoms with E-state index in [-0.39, 0.29) is 6.29 Å². The van der Waals surface area contributed by atoms with Crippen LogP contribution in [0.5, 0.6) is 0 Å². The number of ether oxygens (including phenoxy) is 2. The van der Waals surface area contributed by atoms with E-state index in [1.165, 1.54) is 38.5 Å². The molecule has 1 atom stereocenters. The smallest absolute Gasteiger partial charge is 0.198 e. The van der Waals surface area contributed by atoms with Crippen LogP contribution in [0.4, 0.5) is 0 Å². The van der Waals surface area contributed by atoms with Crippen molar-refractivity contribution in [2.75, 3.05) is 6.61 Å². The largest absolute Gasteiger partial charge is 0.473 e. The van der Waals surface area contributed by atoms with E-state index in [9.17, 15) is 0 Å². The molecule has 90 valence electrons. The molecule has 2 aliphatic rings. The SMILES string of the molecule is C1=CCCC(C=COC2CCCCO2)CC1. The fourth-order valence-electron chi connectivity index (χ4n) is 2.26. The van der Waals surface area contributed by atoms with Crippen molar-refractivity contribution in [1.29, 1.82) is 0 Å². The van der Waals surface area contributed by atoms with Gasteiger partial charge in [0.05, 0.1) is 12.9 Å². The number of allylic oxidation sites excluding steroid dienone is 3. The first-order valence-corrected chi connectivity index (χ1v) is 6.54. The summed E-state index contributed by atoms with van der Waals surface area (Å²) >= 11 is 0. The maximum absolute atomic E-state index is 5.60. The maximum atomic E-state index is 5.60. The van der Waals surface area contributed by atoms with Crippen molar-refractivity contribution in [3.8, 4) is 0 Å². The van der Waals surface area contributed by atoms with Crippen molar-refractivity contribution in [3.05, 3.63) is 24.5 Å². The van der Waals surface area contributed by atoms with Crippen molar-refractivity contribution in [2.24, 2.45) is 5.92 Å². The normalized spacial score (nSPS) is 28.1. The summed E-state index contributed by atoms with van der Waals surface area (Å²) in [5, 5.41) is 0. The van der Waals surface area contributed by atoms with Crippen LogP contribution in [0.2, 0.25) is 0 Å². The lowest BCUT2D eigenvalue weighted by molar-refractivity contribution is -0.129. The molecule has 2 heteroatoms. The van der Waals surface area contributed by atoms with E-state index in [0.717, 1.165) is 13.0 Å². The lowest BCUT2D eigenvalue weighted by atomic mass is 10.0. The Morgan fingerprint density at radius 3 is 2.56 bits per heavy atom. The van der Waals surface area contributed by atoms with Crippen LogP contribution in [-0.4, -0.2) is 12.9 Å². The molecule has 1 fully saturated rings. The van der Waals surface area contributed by atoms with Gasteiger partial charge in [-0.25, -0.2) is 0 Å². The second-order valence-corrected chi connectivity index (χ2v) is 4.65. The molecular weight excluding hydrogens is 200 g/mol. The van der Waals surface area contributed by atoms with Gasteiger partial charge in [-0.2, -0.15) is 0 Å². The molecular formula is C14H22O2. The Bertz CT molecular complexity index is 229. The molecule has 0 aromatic heterocycles. The van der Waals surface area contributed by atoms with Gasteiger partial charge in [0.2, 0.25) is 0 Å². The monoisotopic (exact) mass is 222 g/mol. The Balaban J connectivity index is 1.67. The minimum Gasteiger partial charge on any atom is -0.473 e. The summed E-state index contributed by atoms with van der Waals surface area (Å²) < 4.78 is 11.1. The lowest BCUT2D eigenvalue weighted by Crippen LogP contribution is -2.20. The van der Waals surface area contributed by atoms with E-state index in [0.29, 0.717) is 5.92 Å². The van der Waals surface area contributed by atoms with Crippen LogP contribution in [0.15, 0.2) is 24.5 Å². The summed E-state index contributed by atoms with van der Waals surface area (Å²) in [6, 6.07) is 0. The van der Waals surface area contributed by atoms with Crippen LogP contribution < -0.4 is 0 Å². The first-order valence-electron chi connectivity index (χ1n) is 6.54. The van der Waals surface area contributed by atoms with Gasteiger partial charge in [-0.15, -0.1) is 0 Å². The van der Waals surface area contributed by atoms with Gasteiger partial charge in [0, 0.05) is 6.42 Å². The standard InChI is InChI=1S/C14H22O2/c1-2-4-8-13(7-3-1)10-12-16-14-9-5-6-11-15-14/h1-2,10,12-14H,3-9,11H2. The van der Waals surface area contributed by atoms with E-state index in [4.69, 9.17) is 9.47 Å². The quantitative estimate of drug-likeness (QED) is 0.534. The predicted molar refractivity (Wildman–Crippen MR) is 64.9 cm³/mol. The summed E-state index contributed by atoms with van der Waals surface area (Å²) in [4.78, 5) is 0. The summed E-state index contributed by atoms with van der Waals surface area (Å²) in [5.74, 6) is 0.679. The van der Waals surface area contributed by atoms with Gasteiger partial charge < -0.3 is 9.47 Å². The van der Waals surface area contributed by atoms with E-state index < -0.39 is 0 Å². The molecule has 1 unspecified atom stereocenters. The Labute approximate surface area is 98.3 Å². The Hall–Kier alpha value is -0.760. The van der Waals surface area contributed by atoms with Crippen molar-refractivity contribution < 1.29 is 9.47 Å². The third kappa shape index (κ3) is 4.01. The number of rotatable bonds is 3. The fraction of sp³-hybridized carbons (Fsp3) is 0.714. The molecule has 0 aromatic rings. The molecule has 0 bridgehead atoms. The second-order valence-electron chi connectivity index (χ2n) is 4.65. The van der Waals surface area contributed by atoms with E-state index >= 15 is 0 Å². The lowest BCUT2D eigenvalue weighted by Gasteiger charge is -2.21. The van der Waals surface area contributed by atoms with Crippen LogP contribution in [0.3, 0.4) is 0 Å². The zero-order valence-corrected chi connectivity index (χ0v) is 9.94. The zero-order valence-electron chi connectivity index (χ0n) is 9.94. The van der Waals surface area contributed by atoms with Gasteiger partial charge >= 0.3 is 0 Å². The first-order chi connectivity index (χ1) is 7.95. The highest BCUT2D eigenvalue weighted by Crippen LogP contribution is 2.20. The van der Waals surface area contributed by atoms with Crippen LogP contribution >= 0.6 is 0 Å². The van der Waals surface area contributed by atoms with E-state index in [2.05, 4.69) is 18.2 Å². The molecule has 1 aliphatic heterocycles. The van der Waals surface area contributed by atoms with Gasteiger partial charge in [0.1, 0.15) is 0 Å². The molecule has 1 heterocycles. The first kappa shape index (κ1) is 11.7. The van der Waals surface area contributed by atoms with Crippen molar-refractivity contribution >= 4 is 0 Å². The summed E-state index contributed by atoms with van der Waals surface area (Å²) in [6.07, 6.45) is 17.0. The summed E-state index contributed by atoms with van der Waals surface area (Å²) in [7, 11) is 0. The van der Waals surface area contributed by atoms with Gasteiger partial charge in [0.15, 0.2) is 6.29 Å². The maximum Gasteiger partial charge on any atom is 0.198 e. The minimum absolute atomic E-state index is 0.00824. The van der Waals surface area contributed by atoms with E-state index in [1.54, 1.807) is 0 Å². The molecule has 2 rings (SSSR count). The zero-order chi connectivity index (χ0) is 11.1. The molecule has 16 heavy (non-hydrogen) atoms. The van der Waals surface area contributed by atoms with Gasteiger partial charge in [0.25, 0.3) is 0 Å². The molecule has 0 amide bonds. The molecule has 0 radical (unpaired) electrons. The topological polar surface area (TPSA) is 18.5 Å². The highest BCUT2D eigenvalue weighted by molar-refractivity contribution is 4.93. The van der Waals surface area contributed by atoms with Crippen LogP contribution in [0.1, 0.15) is 44.9 Å². The molecule has 0 saturated carbocycles. The summed E-state index contributed by atoms with van der Waals surface area (Å²) in [5.41, 5.74) is 0. The van der Waals surface area contributed by atoms with Crippen molar-refractivity contribution in [1.82, 2.24) is 0 Å². The average molecular weight is 222 g/mol. The van der Waals surface area contributed by atoms with Gasteiger partial charge in [-0.05, 0) is 50.5 Å². The highest BCUT2D eigenvalue weighted by Gasteiger charge is 2.13. The van der Waals surface area contributed by atoms with Crippen LogP contribution in [0.25, 0.3) is 0 Å². The molecule has 0 N–H and O–H groups in total. The Morgan fingerprint density at radius 1 is 1.06 bits per heavy atom. The number of hydrogen-bond donors (Lipinski definition) is 0. The van der Waals surface area contributed by atoms with Crippen LogP contribution in [0, 0.1) is 5.92 Å². The second kappa shape index (κ2) is 6.74. The van der Waals surface area contributed by atoms with E-state index in [1.807, 2.05) is 6.26 Å². The third-order valence-corrected chi connectivity index (χ3v) is 3.29. The Kier molecular flexibility index (Phi) is 4.94. The van der Waals surface area contributed by atoms with Crippen molar-refractivity contribution in [3.63, 3.8) is 0 Å². The molecule has 2 nitrogen and oxygen atoms in total. The minimum atomic E-state index is 0.00824.